The summed E-state index contributed by atoms with van der Waals surface area (Å²) in [5.41, 5.74) is 0.490. The lowest BCUT2D eigenvalue weighted by Crippen LogP contribution is -2.05. The van der Waals surface area contributed by atoms with Gasteiger partial charge in [0.1, 0.15) is 24.0 Å². The Balaban J connectivity index is 2.08. The standard InChI is InChI=1S/C13H15FN2O2/c1-2-16-4-3-15-13(16)9-18-12-6-10(8-17)5-11(14)7-12/h3-7,17H,2,8-9H2,1H3. The van der Waals surface area contributed by atoms with Crippen molar-refractivity contribution in [2.75, 3.05) is 0 Å². The normalized spacial score (nSPS) is 10.6. The second-order valence-electron chi connectivity index (χ2n) is 3.87. The highest BCUT2D eigenvalue weighted by molar-refractivity contribution is 5.29. The van der Waals surface area contributed by atoms with Crippen molar-refractivity contribution in [2.24, 2.45) is 0 Å². The topological polar surface area (TPSA) is 47.3 Å². The Morgan fingerprint density at radius 2 is 2.22 bits per heavy atom. The van der Waals surface area contributed by atoms with E-state index in [1.54, 1.807) is 12.3 Å². The summed E-state index contributed by atoms with van der Waals surface area (Å²) in [6.07, 6.45) is 3.57. The van der Waals surface area contributed by atoms with E-state index in [4.69, 9.17) is 9.84 Å². The zero-order valence-electron chi connectivity index (χ0n) is 10.1. The smallest absolute Gasteiger partial charge is 0.146 e. The molecule has 0 saturated heterocycles. The van der Waals surface area contributed by atoms with E-state index in [2.05, 4.69) is 4.98 Å². The fourth-order valence-corrected chi connectivity index (χ4v) is 1.71. The van der Waals surface area contributed by atoms with Gasteiger partial charge in [0, 0.05) is 25.0 Å². The first kappa shape index (κ1) is 12.6. The van der Waals surface area contributed by atoms with Crippen molar-refractivity contribution in [2.45, 2.75) is 26.7 Å². The number of ether oxygens (including phenoxy) is 1. The van der Waals surface area contributed by atoms with E-state index in [-0.39, 0.29) is 13.2 Å². The maximum absolute atomic E-state index is 13.2. The van der Waals surface area contributed by atoms with Gasteiger partial charge in [-0.3, -0.25) is 0 Å². The molecule has 0 fully saturated rings. The zero-order chi connectivity index (χ0) is 13.0. The molecule has 1 aromatic carbocycles. The quantitative estimate of drug-likeness (QED) is 0.884. The maximum atomic E-state index is 13.2. The molecule has 0 aliphatic heterocycles. The molecule has 2 rings (SSSR count). The van der Waals surface area contributed by atoms with Gasteiger partial charge < -0.3 is 14.4 Å². The molecule has 0 bridgehead atoms. The average molecular weight is 250 g/mol. The van der Waals surface area contributed by atoms with Crippen LogP contribution in [0.3, 0.4) is 0 Å². The Hall–Kier alpha value is -1.88. The van der Waals surface area contributed by atoms with Crippen molar-refractivity contribution >= 4 is 0 Å². The Bertz CT molecular complexity index is 525. The van der Waals surface area contributed by atoms with E-state index in [9.17, 15) is 4.39 Å². The first-order chi connectivity index (χ1) is 8.72. The van der Waals surface area contributed by atoms with Crippen LogP contribution in [0.25, 0.3) is 0 Å². The van der Waals surface area contributed by atoms with Crippen LogP contribution in [-0.2, 0) is 19.8 Å². The van der Waals surface area contributed by atoms with E-state index in [1.807, 2.05) is 17.7 Å². The van der Waals surface area contributed by atoms with Gasteiger partial charge in [0.05, 0.1) is 6.61 Å². The summed E-state index contributed by atoms with van der Waals surface area (Å²) in [5, 5.41) is 8.98. The Morgan fingerprint density at radius 1 is 1.39 bits per heavy atom. The number of nitrogens with zero attached hydrogens (tertiary/aromatic N) is 2. The van der Waals surface area contributed by atoms with E-state index in [0.29, 0.717) is 11.3 Å². The highest BCUT2D eigenvalue weighted by atomic mass is 19.1. The molecule has 5 heteroatoms. The summed E-state index contributed by atoms with van der Waals surface area (Å²) in [6.45, 7) is 2.88. The molecule has 0 amide bonds. The van der Waals surface area contributed by atoms with Crippen LogP contribution in [0.15, 0.2) is 30.6 Å². The maximum Gasteiger partial charge on any atom is 0.146 e. The number of benzene rings is 1. The van der Waals surface area contributed by atoms with Gasteiger partial charge in [-0.05, 0) is 24.6 Å². The monoisotopic (exact) mass is 250 g/mol. The predicted molar refractivity (Wildman–Crippen MR) is 64.6 cm³/mol. The average Bonchev–Trinajstić information content (AvgIpc) is 2.83. The van der Waals surface area contributed by atoms with E-state index >= 15 is 0 Å². The summed E-state index contributed by atoms with van der Waals surface area (Å²) < 4.78 is 20.6. The van der Waals surface area contributed by atoms with Crippen LogP contribution in [-0.4, -0.2) is 14.7 Å². The summed E-state index contributed by atoms with van der Waals surface area (Å²) in [6, 6.07) is 4.18. The largest absolute Gasteiger partial charge is 0.486 e. The molecular weight excluding hydrogens is 235 g/mol. The lowest BCUT2D eigenvalue weighted by atomic mass is 10.2. The number of aromatic nitrogens is 2. The predicted octanol–water partition coefficient (Wildman–Crippen LogP) is 2.11. The third-order valence-electron chi connectivity index (χ3n) is 2.62. The lowest BCUT2D eigenvalue weighted by molar-refractivity contribution is 0.273. The molecule has 0 radical (unpaired) electrons. The first-order valence-electron chi connectivity index (χ1n) is 5.76. The van der Waals surface area contributed by atoms with Crippen LogP contribution in [0.5, 0.6) is 5.75 Å². The molecule has 0 unspecified atom stereocenters. The SMILES string of the molecule is CCn1ccnc1COc1cc(F)cc(CO)c1. The second kappa shape index (κ2) is 5.64. The molecule has 0 aliphatic carbocycles. The van der Waals surface area contributed by atoms with Gasteiger partial charge in [0.25, 0.3) is 0 Å². The minimum atomic E-state index is -0.421. The van der Waals surface area contributed by atoms with Crippen molar-refractivity contribution in [1.29, 1.82) is 0 Å². The Labute approximate surface area is 105 Å². The molecular formula is C13H15FN2O2. The Morgan fingerprint density at radius 3 is 2.94 bits per heavy atom. The van der Waals surface area contributed by atoms with Gasteiger partial charge in [0.2, 0.25) is 0 Å². The number of rotatable bonds is 5. The number of halogens is 1. The third-order valence-corrected chi connectivity index (χ3v) is 2.62. The van der Waals surface area contributed by atoms with Gasteiger partial charge in [-0.2, -0.15) is 0 Å². The molecule has 1 N–H and O–H groups in total. The number of imidazole rings is 1. The van der Waals surface area contributed by atoms with Crippen molar-refractivity contribution in [3.8, 4) is 5.75 Å². The van der Waals surface area contributed by atoms with E-state index in [1.165, 1.54) is 12.1 Å². The summed E-state index contributed by atoms with van der Waals surface area (Å²) in [7, 11) is 0. The number of aryl methyl sites for hydroxylation is 1. The molecule has 2 aromatic rings. The van der Waals surface area contributed by atoms with Crippen molar-refractivity contribution in [1.82, 2.24) is 9.55 Å². The van der Waals surface area contributed by atoms with Crippen molar-refractivity contribution < 1.29 is 14.2 Å². The van der Waals surface area contributed by atoms with Gasteiger partial charge in [-0.15, -0.1) is 0 Å². The van der Waals surface area contributed by atoms with E-state index < -0.39 is 5.82 Å². The lowest BCUT2D eigenvalue weighted by Gasteiger charge is -2.08. The van der Waals surface area contributed by atoms with Crippen molar-refractivity contribution in [3.05, 3.63) is 47.8 Å². The second-order valence-corrected chi connectivity index (χ2v) is 3.87. The van der Waals surface area contributed by atoms with Crippen LogP contribution in [0.1, 0.15) is 18.3 Å². The highest BCUT2D eigenvalue weighted by Crippen LogP contribution is 2.17. The molecule has 18 heavy (non-hydrogen) atoms. The van der Waals surface area contributed by atoms with Gasteiger partial charge in [-0.1, -0.05) is 0 Å². The minimum Gasteiger partial charge on any atom is -0.486 e. The minimum absolute atomic E-state index is 0.211. The van der Waals surface area contributed by atoms with Crippen LogP contribution >= 0.6 is 0 Å². The molecule has 0 spiro atoms. The molecule has 1 heterocycles. The number of hydrogen-bond donors (Lipinski definition) is 1. The molecule has 1 aromatic heterocycles. The van der Waals surface area contributed by atoms with Crippen LogP contribution < -0.4 is 4.74 Å². The van der Waals surface area contributed by atoms with Crippen LogP contribution in [0.2, 0.25) is 0 Å². The molecule has 0 aliphatic rings. The molecule has 96 valence electrons. The molecule has 0 atom stereocenters. The Kier molecular flexibility index (Phi) is 3.94. The van der Waals surface area contributed by atoms with E-state index in [0.717, 1.165) is 12.4 Å². The fraction of sp³-hybridized carbons (Fsp3) is 0.308. The van der Waals surface area contributed by atoms with Crippen LogP contribution in [0.4, 0.5) is 4.39 Å². The summed E-state index contributed by atoms with van der Waals surface area (Å²) in [4.78, 5) is 4.16. The highest BCUT2D eigenvalue weighted by Gasteiger charge is 2.05. The van der Waals surface area contributed by atoms with Gasteiger partial charge >= 0.3 is 0 Å². The van der Waals surface area contributed by atoms with Gasteiger partial charge in [0.15, 0.2) is 0 Å². The number of hydrogen-bond acceptors (Lipinski definition) is 3. The summed E-state index contributed by atoms with van der Waals surface area (Å²) in [5.74, 6) is 0.757. The first-order valence-corrected chi connectivity index (χ1v) is 5.76. The summed E-state index contributed by atoms with van der Waals surface area (Å²) >= 11 is 0. The van der Waals surface area contributed by atoms with Gasteiger partial charge in [-0.25, -0.2) is 9.37 Å². The molecule has 0 saturated carbocycles. The number of aliphatic hydroxyl groups is 1. The third kappa shape index (κ3) is 2.87. The molecule has 4 nitrogen and oxygen atoms in total. The number of aliphatic hydroxyl groups excluding tert-OH is 1. The fourth-order valence-electron chi connectivity index (χ4n) is 1.71. The van der Waals surface area contributed by atoms with Crippen LogP contribution in [0, 0.1) is 5.82 Å². The zero-order valence-corrected chi connectivity index (χ0v) is 10.1. The van der Waals surface area contributed by atoms with Crippen molar-refractivity contribution in [3.63, 3.8) is 0 Å².